The van der Waals surface area contributed by atoms with Crippen LogP contribution in [0.25, 0.3) is 0 Å². The largest absolute Gasteiger partial charge is 0.372 e. The van der Waals surface area contributed by atoms with Crippen molar-refractivity contribution in [3.8, 4) is 0 Å². The molecule has 0 saturated carbocycles. The van der Waals surface area contributed by atoms with Gasteiger partial charge in [-0.1, -0.05) is 22.9 Å². The molecule has 2 nitrogen and oxygen atoms in total. The maximum Gasteiger partial charge on any atom is 0.0802 e. The number of halogens is 1. The van der Waals surface area contributed by atoms with E-state index in [4.69, 9.17) is 4.74 Å². The van der Waals surface area contributed by atoms with E-state index in [1.807, 2.05) is 0 Å². The predicted molar refractivity (Wildman–Crippen MR) is 54.9 cm³/mol. The first-order valence-electron chi connectivity index (χ1n) is 4.70. The third-order valence-corrected chi connectivity index (χ3v) is 2.84. The van der Waals surface area contributed by atoms with Crippen LogP contribution in [0.5, 0.6) is 0 Å². The quantitative estimate of drug-likeness (QED) is 0.694. The molecule has 0 aromatic carbocycles. The van der Waals surface area contributed by atoms with Gasteiger partial charge in [-0.25, -0.2) is 0 Å². The summed E-state index contributed by atoms with van der Waals surface area (Å²) >= 11 is 3.47. The number of hydrogen-bond donors (Lipinski definition) is 0. The lowest BCUT2D eigenvalue weighted by Crippen LogP contribution is -2.47. The number of hydrogen-bond acceptors (Lipinski definition) is 2. The number of alkyl halides is 1. The molecule has 0 aromatic heterocycles. The number of morpholine rings is 1. The lowest BCUT2D eigenvalue weighted by Gasteiger charge is -2.35. The molecule has 2 unspecified atom stereocenters. The van der Waals surface area contributed by atoms with Gasteiger partial charge in [0.25, 0.3) is 0 Å². The van der Waals surface area contributed by atoms with E-state index >= 15 is 0 Å². The summed E-state index contributed by atoms with van der Waals surface area (Å²) in [4.78, 5) is 2.49. The smallest absolute Gasteiger partial charge is 0.0802 e. The minimum absolute atomic E-state index is 0.389. The van der Waals surface area contributed by atoms with E-state index in [1.165, 1.54) is 13.0 Å². The van der Waals surface area contributed by atoms with Gasteiger partial charge in [-0.3, -0.25) is 4.90 Å². The van der Waals surface area contributed by atoms with Crippen LogP contribution in [0.15, 0.2) is 0 Å². The van der Waals surface area contributed by atoms with Crippen LogP contribution in [0.1, 0.15) is 20.3 Å². The SMILES string of the molecule is CCCN1CC(C)OC(CBr)C1. The van der Waals surface area contributed by atoms with Crippen molar-refractivity contribution in [3.63, 3.8) is 0 Å². The monoisotopic (exact) mass is 235 g/mol. The second kappa shape index (κ2) is 5.20. The first-order valence-corrected chi connectivity index (χ1v) is 5.82. The standard InChI is InChI=1S/C9H18BrNO/c1-3-4-11-6-8(2)12-9(5-10)7-11/h8-9H,3-7H2,1-2H3. The van der Waals surface area contributed by atoms with E-state index in [1.54, 1.807) is 0 Å². The van der Waals surface area contributed by atoms with Crippen LogP contribution in [-0.4, -0.2) is 42.1 Å². The summed E-state index contributed by atoms with van der Waals surface area (Å²) in [5.41, 5.74) is 0. The molecular formula is C9H18BrNO. The molecule has 1 heterocycles. The van der Waals surface area contributed by atoms with Gasteiger partial charge in [0.15, 0.2) is 0 Å². The highest BCUT2D eigenvalue weighted by Crippen LogP contribution is 2.12. The molecule has 0 radical (unpaired) electrons. The van der Waals surface area contributed by atoms with E-state index in [-0.39, 0.29) is 0 Å². The van der Waals surface area contributed by atoms with Gasteiger partial charge >= 0.3 is 0 Å². The summed E-state index contributed by atoms with van der Waals surface area (Å²) in [6.45, 7) is 7.76. The molecular weight excluding hydrogens is 218 g/mol. The predicted octanol–water partition coefficient (Wildman–Crippen LogP) is 1.88. The molecule has 0 spiro atoms. The van der Waals surface area contributed by atoms with Crippen molar-refractivity contribution < 1.29 is 4.74 Å². The van der Waals surface area contributed by atoms with Gasteiger partial charge in [0.2, 0.25) is 0 Å². The summed E-state index contributed by atoms with van der Waals surface area (Å²) < 4.78 is 5.72. The highest BCUT2D eigenvalue weighted by Gasteiger charge is 2.23. The molecule has 1 aliphatic heterocycles. The zero-order chi connectivity index (χ0) is 8.97. The Balaban J connectivity index is 2.34. The molecule has 0 N–H and O–H groups in total. The van der Waals surface area contributed by atoms with Gasteiger partial charge in [-0.2, -0.15) is 0 Å². The highest BCUT2D eigenvalue weighted by atomic mass is 79.9. The number of nitrogens with zero attached hydrogens (tertiary/aromatic N) is 1. The lowest BCUT2D eigenvalue weighted by atomic mass is 10.2. The molecule has 12 heavy (non-hydrogen) atoms. The summed E-state index contributed by atoms with van der Waals surface area (Å²) in [5, 5.41) is 0.956. The van der Waals surface area contributed by atoms with Crippen molar-refractivity contribution >= 4 is 15.9 Å². The molecule has 1 aliphatic rings. The van der Waals surface area contributed by atoms with Gasteiger partial charge in [-0.15, -0.1) is 0 Å². The topological polar surface area (TPSA) is 12.5 Å². The van der Waals surface area contributed by atoms with E-state index < -0.39 is 0 Å². The van der Waals surface area contributed by atoms with Crippen molar-refractivity contribution in [3.05, 3.63) is 0 Å². The van der Waals surface area contributed by atoms with Gasteiger partial charge < -0.3 is 4.74 Å². The Morgan fingerprint density at radius 2 is 2.25 bits per heavy atom. The van der Waals surface area contributed by atoms with E-state index in [2.05, 4.69) is 34.7 Å². The zero-order valence-corrected chi connectivity index (χ0v) is 9.51. The van der Waals surface area contributed by atoms with Crippen LogP contribution in [0.2, 0.25) is 0 Å². The summed E-state index contributed by atoms with van der Waals surface area (Å²) in [6.07, 6.45) is 2.02. The van der Waals surface area contributed by atoms with Crippen LogP contribution < -0.4 is 0 Å². The molecule has 72 valence electrons. The van der Waals surface area contributed by atoms with Crippen molar-refractivity contribution in [1.29, 1.82) is 0 Å². The van der Waals surface area contributed by atoms with Gasteiger partial charge in [0.05, 0.1) is 12.2 Å². The normalized spacial score (nSPS) is 32.2. The molecule has 0 amide bonds. The Kier molecular flexibility index (Phi) is 4.54. The zero-order valence-electron chi connectivity index (χ0n) is 7.92. The Morgan fingerprint density at radius 1 is 1.50 bits per heavy atom. The van der Waals surface area contributed by atoms with Crippen LogP contribution in [0.4, 0.5) is 0 Å². The van der Waals surface area contributed by atoms with E-state index in [0.29, 0.717) is 12.2 Å². The number of rotatable bonds is 3. The van der Waals surface area contributed by atoms with Crippen LogP contribution in [0, 0.1) is 0 Å². The average molecular weight is 236 g/mol. The summed E-state index contributed by atoms with van der Waals surface area (Å²) in [6, 6.07) is 0. The minimum Gasteiger partial charge on any atom is -0.372 e. The van der Waals surface area contributed by atoms with E-state index in [0.717, 1.165) is 18.4 Å². The first kappa shape index (κ1) is 10.5. The van der Waals surface area contributed by atoms with Crippen molar-refractivity contribution in [2.24, 2.45) is 0 Å². The Hall–Kier alpha value is 0.400. The van der Waals surface area contributed by atoms with Gasteiger partial charge in [0, 0.05) is 18.4 Å². The van der Waals surface area contributed by atoms with E-state index in [9.17, 15) is 0 Å². The van der Waals surface area contributed by atoms with Crippen molar-refractivity contribution in [1.82, 2.24) is 4.90 Å². The molecule has 0 aromatic rings. The lowest BCUT2D eigenvalue weighted by molar-refractivity contribution is -0.0650. The average Bonchev–Trinajstić information content (AvgIpc) is 2.04. The first-order chi connectivity index (χ1) is 5.76. The maximum atomic E-state index is 5.72. The molecule has 1 rings (SSSR count). The Bertz CT molecular complexity index is 132. The van der Waals surface area contributed by atoms with Gasteiger partial charge in [0.1, 0.15) is 0 Å². The fourth-order valence-corrected chi connectivity index (χ4v) is 2.08. The van der Waals surface area contributed by atoms with Crippen molar-refractivity contribution in [2.45, 2.75) is 32.5 Å². The van der Waals surface area contributed by atoms with Gasteiger partial charge in [-0.05, 0) is 19.9 Å². The molecule has 3 heteroatoms. The third kappa shape index (κ3) is 3.04. The summed E-state index contributed by atoms with van der Waals surface area (Å²) in [5.74, 6) is 0. The summed E-state index contributed by atoms with van der Waals surface area (Å²) in [7, 11) is 0. The fraction of sp³-hybridized carbons (Fsp3) is 1.00. The number of ether oxygens (including phenoxy) is 1. The van der Waals surface area contributed by atoms with Crippen LogP contribution in [0.3, 0.4) is 0 Å². The highest BCUT2D eigenvalue weighted by molar-refractivity contribution is 9.09. The van der Waals surface area contributed by atoms with Crippen LogP contribution >= 0.6 is 15.9 Å². The maximum absolute atomic E-state index is 5.72. The second-order valence-electron chi connectivity index (χ2n) is 3.48. The Labute approximate surface area is 83.4 Å². The third-order valence-electron chi connectivity index (χ3n) is 2.11. The molecule has 1 fully saturated rings. The second-order valence-corrected chi connectivity index (χ2v) is 4.13. The van der Waals surface area contributed by atoms with Crippen LogP contribution in [-0.2, 0) is 4.74 Å². The van der Waals surface area contributed by atoms with Crippen molar-refractivity contribution in [2.75, 3.05) is 25.0 Å². The molecule has 2 atom stereocenters. The minimum atomic E-state index is 0.389. The Morgan fingerprint density at radius 3 is 2.83 bits per heavy atom. The molecule has 0 bridgehead atoms. The molecule has 1 saturated heterocycles. The fourth-order valence-electron chi connectivity index (χ4n) is 1.72. The molecule has 0 aliphatic carbocycles.